The van der Waals surface area contributed by atoms with Crippen LogP contribution in [-0.2, 0) is 5.54 Å². The molecule has 1 saturated carbocycles. The molecule has 4 aromatic rings. The van der Waals surface area contributed by atoms with Crippen molar-refractivity contribution in [3.8, 4) is 17.0 Å². The SMILES string of the molecule is COc1ncnc2ccc(-c3ccn4nc(C5(N)CC(N)C5)ncc34)cc12. The highest BCUT2D eigenvalue weighted by molar-refractivity contribution is 5.91. The van der Waals surface area contributed by atoms with Crippen molar-refractivity contribution >= 4 is 16.4 Å². The summed E-state index contributed by atoms with van der Waals surface area (Å²) in [7, 11) is 1.60. The van der Waals surface area contributed by atoms with Crippen molar-refractivity contribution < 1.29 is 4.74 Å². The number of rotatable bonds is 3. The van der Waals surface area contributed by atoms with Gasteiger partial charge in [-0.15, -0.1) is 0 Å². The zero-order chi connectivity index (χ0) is 18.6. The van der Waals surface area contributed by atoms with Crippen LogP contribution < -0.4 is 16.2 Å². The predicted molar refractivity (Wildman–Crippen MR) is 101 cm³/mol. The Morgan fingerprint density at radius 2 is 2.04 bits per heavy atom. The van der Waals surface area contributed by atoms with Gasteiger partial charge >= 0.3 is 0 Å². The first-order valence-corrected chi connectivity index (χ1v) is 8.76. The summed E-state index contributed by atoms with van der Waals surface area (Å²) in [5.74, 6) is 1.18. The summed E-state index contributed by atoms with van der Waals surface area (Å²) in [4.78, 5) is 13.0. The van der Waals surface area contributed by atoms with Gasteiger partial charge in [0.2, 0.25) is 5.88 Å². The van der Waals surface area contributed by atoms with E-state index in [1.165, 1.54) is 6.33 Å². The van der Waals surface area contributed by atoms with Crippen LogP contribution in [-0.4, -0.2) is 37.7 Å². The summed E-state index contributed by atoms with van der Waals surface area (Å²) in [5, 5.41) is 5.48. The number of fused-ring (bicyclic) bond motifs is 2. The molecule has 8 heteroatoms. The Hall–Kier alpha value is -3.10. The molecule has 8 nitrogen and oxygen atoms in total. The molecule has 3 heterocycles. The van der Waals surface area contributed by atoms with Crippen LogP contribution >= 0.6 is 0 Å². The summed E-state index contributed by atoms with van der Waals surface area (Å²) in [6.07, 6.45) is 6.65. The van der Waals surface area contributed by atoms with Gasteiger partial charge in [0, 0.05) is 17.8 Å². The number of nitrogens with two attached hydrogens (primary N) is 2. The van der Waals surface area contributed by atoms with E-state index in [9.17, 15) is 0 Å². The second-order valence-corrected chi connectivity index (χ2v) is 7.08. The number of nitrogens with zero attached hydrogens (tertiary/aromatic N) is 5. The van der Waals surface area contributed by atoms with Crippen molar-refractivity contribution in [2.75, 3.05) is 7.11 Å². The molecule has 1 aliphatic carbocycles. The van der Waals surface area contributed by atoms with Gasteiger partial charge in [0.25, 0.3) is 0 Å². The van der Waals surface area contributed by atoms with Gasteiger partial charge in [0.05, 0.1) is 35.3 Å². The molecule has 4 N–H and O–H groups in total. The minimum absolute atomic E-state index is 0.129. The Balaban J connectivity index is 1.60. The molecule has 1 aliphatic rings. The summed E-state index contributed by atoms with van der Waals surface area (Å²) >= 11 is 0. The van der Waals surface area contributed by atoms with Crippen LogP contribution in [0.1, 0.15) is 18.7 Å². The van der Waals surface area contributed by atoms with Crippen LogP contribution in [0.25, 0.3) is 27.5 Å². The second-order valence-electron chi connectivity index (χ2n) is 7.08. The van der Waals surface area contributed by atoms with E-state index in [4.69, 9.17) is 16.2 Å². The summed E-state index contributed by atoms with van der Waals surface area (Å²) < 4.78 is 7.18. The zero-order valence-electron chi connectivity index (χ0n) is 14.8. The minimum Gasteiger partial charge on any atom is -0.480 e. The largest absolute Gasteiger partial charge is 0.480 e. The molecule has 136 valence electrons. The molecule has 0 saturated heterocycles. The molecule has 1 fully saturated rings. The molecule has 0 amide bonds. The quantitative estimate of drug-likeness (QED) is 0.569. The molecular formula is C19H19N7O. The summed E-state index contributed by atoms with van der Waals surface area (Å²) in [6.45, 7) is 0. The maximum atomic E-state index is 6.37. The first kappa shape index (κ1) is 16.1. The number of aromatic nitrogens is 5. The Labute approximate surface area is 155 Å². The third kappa shape index (κ3) is 2.45. The van der Waals surface area contributed by atoms with Crippen LogP contribution in [0.5, 0.6) is 5.88 Å². The highest BCUT2D eigenvalue weighted by Gasteiger charge is 2.43. The number of ether oxygens (including phenoxy) is 1. The van der Waals surface area contributed by atoms with Gasteiger partial charge in [0.1, 0.15) is 6.33 Å². The minimum atomic E-state index is -0.522. The molecular weight excluding hydrogens is 342 g/mol. The van der Waals surface area contributed by atoms with Crippen LogP contribution in [0.15, 0.2) is 43.0 Å². The van der Waals surface area contributed by atoms with E-state index in [0.717, 1.165) is 27.5 Å². The van der Waals surface area contributed by atoms with Crippen molar-refractivity contribution in [2.45, 2.75) is 24.4 Å². The normalized spacial score (nSPS) is 22.1. The standard InChI is InChI=1S/C19H19N7O/c1-27-17-14-6-11(2-3-15(14)23-10-24-17)13-4-5-26-16(13)9-22-18(25-26)19(21)7-12(20)8-19/h2-6,9-10,12H,7-8,20-21H2,1H3. The lowest BCUT2D eigenvalue weighted by Gasteiger charge is -2.41. The predicted octanol–water partition coefficient (Wildman–Crippen LogP) is 1.62. The van der Waals surface area contributed by atoms with Crippen LogP contribution in [0.2, 0.25) is 0 Å². The lowest BCUT2D eigenvalue weighted by atomic mass is 9.73. The molecule has 3 aromatic heterocycles. The third-order valence-corrected chi connectivity index (χ3v) is 5.22. The topological polar surface area (TPSA) is 117 Å². The molecule has 0 aliphatic heterocycles. The molecule has 0 spiro atoms. The Morgan fingerprint density at radius 1 is 1.19 bits per heavy atom. The smallest absolute Gasteiger partial charge is 0.224 e. The number of hydrogen-bond donors (Lipinski definition) is 2. The van der Waals surface area contributed by atoms with E-state index < -0.39 is 5.54 Å². The molecule has 27 heavy (non-hydrogen) atoms. The fourth-order valence-corrected chi connectivity index (χ4v) is 3.79. The van der Waals surface area contributed by atoms with Crippen LogP contribution in [0.4, 0.5) is 0 Å². The van der Waals surface area contributed by atoms with E-state index in [-0.39, 0.29) is 6.04 Å². The second kappa shape index (κ2) is 5.70. The monoisotopic (exact) mass is 361 g/mol. The molecule has 5 rings (SSSR count). The highest BCUT2D eigenvalue weighted by atomic mass is 16.5. The maximum absolute atomic E-state index is 6.37. The number of methoxy groups -OCH3 is 1. The average molecular weight is 361 g/mol. The summed E-state index contributed by atoms with van der Waals surface area (Å²) in [6, 6.07) is 8.14. The van der Waals surface area contributed by atoms with Crippen LogP contribution in [0, 0.1) is 0 Å². The fraction of sp³-hybridized carbons (Fsp3) is 0.263. The van der Waals surface area contributed by atoms with Gasteiger partial charge in [-0.2, -0.15) is 5.10 Å². The van der Waals surface area contributed by atoms with Gasteiger partial charge in [0.15, 0.2) is 5.82 Å². The zero-order valence-corrected chi connectivity index (χ0v) is 14.8. The van der Waals surface area contributed by atoms with Gasteiger partial charge in [-0.3, -0.25) is 0 Å². The maximum Gasteiger partial charge on any atom is 0.224 e. The highest BCUT2D eigenvalue weighted by Crippen LogP contribution is 2.36. The Kier molecular flexibility index (Phi) is 3.40. The first-order valence-electron chi connectivity index (χ1n) is 8.76. The Bertz CT molecular complexity index is 1160. The van der Waals surface area contributed by atoms with Crippen molar-refractivity contribution in [3.63, 3.8) is 0 Å². The van der Waals surface area contributed by atoms with E-state index >= 15 is 0 Å². The number of hydrogen-bond acceptors (Lipinski definition) is 7. The summed E-state index contributed by atoms with van der Waals surface area (Å²) in [5.41, 5.74) is 15.5. The van der Waals surface area contributed by atoms with E-state index in [1.807, 2.05) is 41.2 Å². The lowest BCUT2D eigenvalue weighted by molar-refractivity contribution is 0.196. The van der Waals surface area contributed by atoms with Crippen molar-refractivity contribution in [2.24, 2.45) is 11.5 Å². The molecule has 1 aromatic carbocycles. The van der Waals surface area contributed by atoms with E-state index in [1.54, 1.807) is 7.11 Å². The van der Waals surface area contributed by atoms with Crippen molar-refractivity contribution in [1.29, 1.82) is 0 Å². The van der Waals surface area contributed by atoms with Crippen LogP contribution in [0.3, 0.4) is 0 Å². The first-order chi connectivity index (χ1) is 13.1. The number of benzene rings is 1. The van der Waals surface area contributed by atoms with Crippen molar-refractivity contribution in [3.05, 3.63) is 48.8 Å². The average Bonchev–Trinajstić information content (AvgIpc) is 3.09. The molecule has 0 unspecified atom stereocenters. The van der Waals surface area contributed by atoms with Gasteiger partial charge in [-0.1, -0.05) is 6.07 Å². The molecule has 0 radical (unpaired) electrons. The van der Waals surface area contributed by atoms with Gasteiger partial charge in [-0.25, -0.2) is 19.5 Å². The third-order valence-electron chi connectivity index (χ3n) is 5.22. The van der Waals surface area contributed by atoms with E-state index in [0.29, 0.717) is 24.5 Å². The van der Waals surface area contributed by atoms with Gasteiger partial charge in [-0.05, 0) is 36.6 Å². The van der Waals surface area contributed by atoms with Crippen molar-refractivity contribution in [1.82, 2.24) is 24.6 Å². The molecule has 0 bridgehead atoms. The lowest BCUT2D eigenvalue weighted by Crippen LogP contribution is -2.56. The Morgan fingerprint density at radius 3 is 2.81 bits per heavy atom. The van der Waals surface area contributed by atoms with E-state index in [2.05, 4.69) is 20.1 Å². The molecule has 0 atom stereocenters. The van der Waals surface area contributed by atoms with Gasteiger partial charge < -0.3 is 16.2 Å². The fourth-order valence-electron chi connectivity index (χ4n) is 3.79.